The molecule has 11 aromatic rings. The van der Waals surface area contributed by atoms with Crippen LogP contribution in [0.3, 0.4) is 0 Å². The van der Waals surface area contributed by atoms with Gasteiger partial charge < -0.3 is 0 Å². The number of rotatable bonds is 5. The van der Waals surface area contributed by atoms with Crippen molar-refractivity contribution in [1.82, 2.24) is 0 Å². The van der Waals surface area contributed by atoms with Crippen LogP contribution in [0.25, 0.3) is 86.2 Å². The van der Waals surface area contributed by atoms with Gasteiger partial charge in [0.25, 0.3) is 0 Å². The first-order valence-corrected chi connectivity index (χ1v) is 20.9. The zero-order chi connectivity index (χ0) is 38.2. The quantitative estimate of drug-likeness (QED) is 0.154. The fourth-order valence-corrected chi connectivity index (χ4v) is 11.5. The highest BCUT2D eigenvalue weighted by atomic mass is 32.1. The minimum atomic E-state index is -0.490. The van der Waals surface area contributed by atoms with Crippen molar-refractivity contribution in [1.29, 1.82) is 0 Å². The molecule has 1 heteroatoms. The number of fused-ring (bicyclic) bond motifs is 8. The second kappa shape index (κ2) is 13.0. The van der Waals surface area contributed by atoms with E-state index in [0.717, 1.165) is 0 Å². The molecular formula is C57H36S. The van der Waals surface area contributed by atoms with Crippen LogP contribution >= 0.6 is 11.3 Å². The van der Waals surface area contributed by atoms with E-state index in [2.05, 4.69) is 218 Å². The van der Waals surface area contributed by atoms with E-state index in [1.54, 1.807) is 0 Å². The third-order valence-electron chi connectivity index (χ3n) is 12.5. The van der Waals surface area contributed by atoms with E-state index in [1.807, 2.05) is 11.3 Å². The Bertz CT molecular complexity index is 3290. The summed E-state index contributed by atoms with van der Waals surface area (Å²) in [5, 5.41) is 8.90. The fraction of sp³-hybridized carbons (Fsp3) is 0.0175. The minimum absolute atomic E-state index is 0.490. The molecule has 0 bridgehead atoms. The predicted molar refractivity (Wildman–Crippen MR) is 248 cm³/mol. The lowest BCUT2D eigenvalue weighted by Gasteiger charge is -2.34. The van der Waals surface area contributed by atoms with E-state index in [0.29, 0.717) is 0 Å². The lowest BCUT2D eigenvalue weighted by atomic mass is 9.67. The van der Waals surface area contributed by atoms with Crippen LogP contribution in [0.1, 0.15) is 22.3 Å². The van der Waals surface area contributed by atoms with Crippen LogP contribution < -0.4 is 0 Å². The number of benzene rings is 10. The number of thiophene rings is 1. The molecule has 0 atom stereocenters. The van der Waals surface area contributed by atoms with Crippen molar-refractivity contribution in [2.24, 2.45) is 0 Å². The van der Waals surface area contributed by atoms with E-state index in [1.165, 1.54) is 108 Å². The molecule has 1 aromatic heterocycles. The van der Waals surface area contributed by atoms with Crippen LogP contribution in [0.15, 0.2) is 218 Å². The second-order valence-electron chi connectivity index (χ2n) is 15.5. The Morgan fingerprint density at radius 3 is 1.48 bits per heavy atom. The highest BCUT2D eigenvalue weighted by Gasteiger charge is 2.48. The third-order valence-corrected chi connectivity index (χ3v) is 13.7. The molecule has 0 aliphatic heterocycles. The van der Waals surface area contributed by atoms with Gasteiger partial charge in [-0.15, -0.1) is 11.3 Å². The van der Waals surface area contributed by atoms with Gasteiger partial charge in [0, 0.05) is 9.58 Å². The Labute approximate surface area is 342 Å². The molecule has 1 aliphatic carbocycles. The van der Waals surface area contributed by atoms with Crippen LogP contribution in [0.4, 0.5) is 0 Å². The van der Waals surface area contributed by atoms with Gasteiger partial charge in [0.15, 0.2) is 0 Å². The van der Waals surface area contributed by atoms with Crippen molar-refractivity contribution in [3.63, 3.8) is 0 Å². The normalized spacial score (nSPS) is 13.0. The summed E-state index contributed by atoms with van der Waals surface area (Å²) in [5.41, 5.74) is 13.6. The van der Waals surface area contributed by atoms with E-state index in [4.69, 9.17) is 0 Å². The zero-order valence-electron chi connectivity index (χ0n) is 31.7. The Morgan fingerprint density at radius 2 is 0.828 bits per heavy atom. The topological polar surface area (TPSA) is 0 Å². The van der Waals surface area contributed by atoms with Gasteiger partial charge in [-0.2, -0.15) is 0 Å². The summed E-state index contributed by atoms with van der Waals surface area (Å²) >= 11 is 1.93. The third kappa shape index (κ3) is 4.75. The molecule has 12 rings (SSSR count). The minimum Gasteiger partial charge on any atom is -0.135 e. The van der Waals surface area contributed by atoms with Gasteiger partial charge in [-0.1, -0.05) is 200 Å². The highest BCUT2D eigenvalue weighted by molar-refractivity contribution is 7.22. The smallest absolute Gasteiger partial charge is 0.0728 e. The molecule has 0 N–H and O–H groups in total. The molecule has 0 fully saturated rings. The molecule has 1 heterocycles. The second-order valence-corrected chi connectivity index (χ2v) is 16.5. The van der Waals surface area contributed by atoms with Crippen molar-refractivity contribution >= 4 is 53.7 Å². The molecular weight excluding hydrogens is 717 g/mol. The van der Waals surface area contributed by atoms with E-state index in [-0.39, 0.29) is 0 Å². The Kier molecular flexibility index (Phi) is 7.42. The first-order valence-electron chi connectivity index (χ1n) is 20.1. The van der Waals surface area contributed by atoms with Crippen LogP contribution in [-0.4, -0.2) is 0 Å². The Morgan fingerprint density at radius 1 is 0.328 bits per heavy atom. The SMILES string of the molecule is c1ccc(C2(c3ccccc3)c3cc(-c4c5ccccc5c(-c5cccc(-c6cccc7ccccc67)c5)c5ccccc45)ccc3-c3sc4ccccc4c32)cc1. The van der Waals surface area contributed by atoms with Gasteiger partial charge in [-0.25, -0.2) is 0 Å². The lowest BCUT2D eigenvalue weighted by molar-refractivity contribution is 0.777. The van der Waals surface area contributed by atoms with E-state index < -0.39 is 5.41 Å². The van der Waals surface area contributed by atoms with Crippen molar-refractivity contribution in [3.05, 3.63) is 241 Å². The highest BCUT2D eigenvalue weighted by Crippen LogP contribution is 2.61. The van der Waals surface area contributed by atoms with Gasteiger partial charge in [0.05, 0.1) is 5.41 Å². The van der Waals surface area contributed by atoms with Crippen LogP contribution in [0.2, 0.25) is 0 Å². The summed E-state index contributed by atoms with van der Waals surface area (Å²) in [6, 6.07) is 81.3. The zero-order valence-corrected chi connectivity index (χ0v) is 32.5. The number of hydrogen-bond donors (Lipinski definition) is 0. The first kappa shape index (κ1) is 33.1. The van der Waals surface area contributed by atoms with Crippen molar-refractivity contribution < 1.29 is 0 Å². The molecule has 0 radical (unpaired) electrons. The first-order chi connectivity index (χ1) is 28.8. The summed E-state index contributed by atoms with van der Waals surface area (Å²) in [7, 11) is 0. The summed E-state index contributed by atoms with van der Waals surface area (Å²) in [6.45, 7) is 0. The predicted octanol–water partition coefficient (Wildman–Crippen LogP) is 15.7. The average Bonchev–Trinajstić information content (AvgIpc) is 3.82. The molecule has 0 nitrogen and oxygen atoms in total. The van der Waals surface area contributed by atoms with E-state index in [9.17, 15) is 0 Å². The molecule has 58 heavy (non-hydrogen) atoms. The van der Waals surface area contributed by atoms with Crippen molar-refractivity contribution in [2.75, 3.05) is 0 Å². The van der Waals surface area contributed by atoms with Gasteiger partial charge in [0.1, 0.15) is 0 Å². The molecule has 0 saturated heterocycles. The molecule has 10 aromatic carbocycles. The largest absolute Gasteiger partial charge is 0.135 e. The fourth-order valence-electron chi connectivity index (χ4n) is 10.2. The van der Waals surface area contributed by atoms with Crippen molar-refractivity contribution in [3.8, 4) is 43.8 Å². The van der Waals surface area contributed by atoms with E-state index >= 15 is 0 Å². The van der Waals surface area contributed by atoms with Gasteiger partial charge >= 0.3 is 0 Å². The Hall–Kier alpha value is -7.06. The standard InChI is InChI=1S/C57H36S/c1-3-21-41(22-4-1)57(42-23-5-2-6-24-42)51-36-40(33-34-49(51)56-55(57)50-30-13-14-32-52(50)58-56)54-47-28-11-9-26-45(47)53(46-27-10-12-29-48(46)54)39-20-15-19-38(35-39)44-31-16-18-37-17-7-8-25-43(37)44/h1-36H. The van der Waals surface area contributed by atoms with Crippen LogP contribution in [0, 0.1) is 0 Å². The molecule has 0 saturated carbocycles. The summed E-state index contributed by atoms with van der Waals surface area (Å²) in [4.78, 5) is 1.37. The average molecular weight is 753 g/mol. The van der Waals surface area contributed by atoms with Crippen LogP contribution in [-0.2, 0) is 5.41 Å². The Balaban J connectivity index is 1.14. The molecule has 1 aliphatic rings. The summed E-state index contributed by atoms with van der Waals surface area (Å²) in [5.74, 6) is 0. The van der Waals surface area contributed by atoms with Gasteiger partial charge in [-0.3, -0.25) is 0 Å². The summed E-state index contributed by atoms with van der Waals surface area (Å²) in [6.07, 6.45) is 0. The summed E-state index contributed by atoms with van der Waals surface area (Å²) < 4.78 is 1.33. The van der Waals surface area contributed by atoms with Crippen LogP contribution in [0.5, 0.6) is 0 Å². The van der Waals surface area contributed by atoms with Gasteiger partial charge in [0.2, 0.25) is 0 Å². The maximum absolute atomic E-state index is 2.53. The van der Waals surface area contributed by atoms with Crippen molar-refractivity contribution in [2.45, 2.75) is 5.41 Å². The maximum atomic E-state index is 2.53. The van der Waals surface area contributed by atoms with Gasteiger partial charge in [-0.05, 0) is 117 Å². The molecule has 270 valence electrons. The number of hydrogen-bond acceptors (Lipinski definition) is 1. The molecule has 0 unspecified atom stereocenters. The maximum Gasteiger partial charge on any atom is 0.0728 e. The monoisotopic (exact) mass is 752 g/mol. The molecule has 0 spiro atoms. The molecule has 0 amide bonds. The lowest BCUT2D eigenvalue weighted by Crippen LogP contribution is -2.28.